The van der Waals surface area contributed by atoms with E-state index in [1.54, 1.807) is 0 Å². The van der Waals surface area contributed by atoms with Gasteiger partial charge in [0.25, 0.3) is 5.56 Å². The van der Waals surface area contributed by atoms with Crippen LogP contribution in [-0.4, -0.2) is 40.4 Å². The minimum Gasteiger partial charge on any atom is -0.457 e. The minimum atomic E-state index is -1.19. The number of hydrogen-bond donors (Lipinski definition) is 1. The Labute approximate surface area is 234 Å². The van der Waals surface area contributed by atoms with Gasteiger partial charge in [-0.2, -0.15) is 0 Å². The lowest BCUT2D eigenvalue weighted by molar-refractivity contribution is -0.153. The van der Waals surface area contributed by atoms with Gasteiger partial charge in [-0.3, -0.25) is 19.1 Å². The van der Waals surface area contributed by atoms with Crippen LogP contribution in [-0.2, 0) is 24.6 Å². The van der Waals surface area contributed by atoms with E-state index < -0.39 is 47.3 Å². The number of rotatable bonds is 9. The molecule has 0 amide bonds. The molecule has 0 bridgehead atoms. The molecule has 1 fully saturated rings. The van der Waals surface area contributed by atoms with E-state index in [1.165, 1.54) is 13.1 Å². The zero-order chi connectivity index (χ0) is 28.8. The van der Waals surface area contributed by atoms with Gasteiger partial charge in [0, 0.05) is 24.1 Å². The molecule has 1 aliphatic heterocycles. The van der Waals surface area contributed by atoms with Crippen LogP contribution < -0.4 is 11.2 Å². The molecule has 0 saturated carbocycles. The maximum absolute atomic E-state index is 12.7. The van der Waals surface area contributed by atoms with Crippen LogP contribution in [0, 0.1) is 0 Å². The smallest absolute Gasteiger partial charge is 0.330 e. The SMILES string of the molecule is CC(=O)O[C@H]1[C@H](N=[N+]=[N-])[C@@H](COC(c2ccccc2)(c2ccccc2)c2ccccc2)O[C@H]1n1ccc(=O)[nH]c1=O. The number of azide groups is 1. The van der Waals surface area contributed by atoms with Crippen LogP contribution in [0.15, 0.2) is 118 Å². The van der Waals surface area contributed by atoms with Crippen molar-refractivity contribution in [3.05, 3.63) is 151 Å². The molecule has 1 N–H and O–H groups in total. The molecule has 4 atom stereocenters. The minimum absolute atomic E-state index is 0.116. The number of aromatic nitrogens is 2. The summed E-state index contributed by atoms with van der Waals surface area (Å²) < 4.78 is 19.7. The number of H-pyrrole nitrogens is 1. The molecule has 0 radical (unpaired) electrons. The number of carbonyl (C=O) groups is 1. The van der Waals surface area contributed by atoms with Crippen LogP contribution in [0.3, 0.4) is 0 Å². The predicted molar refractivity (Wildman–Crippen MR) is 149 cm³/mol. The highest BCUT2D eigenvalue weighted by atomic mass is 16.6. The lowest BCUT2D eigenvalue weighted by Gasteiger charge is -2.37. The average molecular weight is 554 g/mol. The molecule has 208 valence electrons. The van der Waals surface area contributed by atoms with E-state index in [0.29, 0.717) is 0 Å². The van der Waals surface area contributed by atoms with Crippen molar-refractivity contribution in [3.63, 3.8) is 0 Å². The van der Waals surface area contributed by atoms with Crippen molar-refractivity contribution in [3.8, 4) is 0 Å². The number of benzene rings is 3. The van der Waals surface area contributed by atoms with Crippen molar-refractivity contribution < 1.29 is 19.0 Å². The summed E-state index contributed by atoms with van der Waals surface area (Å²) in [5.74, 6) is -0.659. The quantitative estimate of drug-likeness (QED) is 0.109. The van der Waals surface area contributed by atoms with Gasteiger partial charge in [0.2, 0.25) is 0 Å². The second-order valence-corrected chi connectivity index (χ2v) is 9.44. The monoisotopic (exact) mass is 553 g/mol. The number of carbonyl (C=O) groups excluding carboxylic acids is 1. The van der Waals surface area contributed by atoms with Gasteiger partial charge >= 0.3 is 11.7 Å². The summed E-state index contributed by atoms with van der Waals surface area (Å²) in [6, 6.07) is 29.1. The molecular weight excluding hydrogens is 526 g/mol. The highest BCUT2D eigenvalue weighted by Crippen LogP contribution is 2.42. The highest BCUT2D eigenvalue weighted by Gasteiger charge is 2.49. The van der Waals surface area contributed by atoms with Crippen LogP contribution >= 0.6 is 0 Å². The lowest BCUT2D eigenvalue weighted by Crippen LogP contribution is -2.40. The summed E-state index contributed by atoms with van der Waals surface area (Å²) in [4.78, 5) is 41.5. The Morgan fingerprint density at radius 3 is 1.95 bits per heavy atom. The van der Waals surface area contributed by atoms with E-state index in [9.17, 15) is 19.9 Å². The second kappa shape index (κ2) is 12.1. The van der Waals surface area contributed by atoms with Crippen molar-refractivity contribution >= 4 is 5.97 Å². The van der Waals surface area contributed by atoms with Gasteiger partial charge in [-0.05, 0) is 22.2 Å². The zero-order valence-corrected chi connectivity index (χ0v) is 22.1. The first-order valence-corrected chi connectivity index (χ1v) is 12.9. The molecular formula is C30H27N5O6. The van der Waals surface area contributed by atoms with Crippen molar-refractivity contribution in [2.24, 2.45) is 5.11 Å². The maximum atomic E-state index is 12.7. The molecule has 0 unspecified atom stereocenters. The highest BCUT2D eigenvalue weighted by molar-refractivity contribution is 5.66. The number of ether oxygens (including phenoxy) is 3. The Bertz CT molecular complexity index is 1550. The summed E-state index contributed by atoms with van der Waals surface area (Å²) in [7, 11) is 0. The Kier molecular flexibility index (Phi) is 8.11. The van der Waals surface area contributed by atoms with Crippen LogP contribution in [0.5, 0.6) is 0 Å². The van der Waals surface area contributed by atoms with E-state index in [2.05, 4.69) is 15.0 Å². The summed E-state index contributed by atoms with van der Waals surface area (Å²) in [6.07, 6.45) is -2.05. The topological polar surface area (TPSA) is 148 Å². The van der Waals surface area contributed by atoms with Crippen LogP contribution in [0.1, 0.15) is 29.8 Å². The van der Waals surface area contributed by atoms with E-state index in [1.807, 2.05) is 91.0 Å². The van der Waals surface area contributed by atoms with E-state index in [-0.39, 0.29) is 6.61 Å². The Hall–Kier alpha value is -4.96. The van der Waals surface area contributed by atoms with Crippen LogP contribution in [0.25, 0.3) is 10.4 Å². The van der Waals surface area contributed by atoms with E-state index >= 15 is 0 Å². The first-order chi connectivity index (χ1) is 19.9. The first-order valence-electron chi connectivity index (χ1n) is 12.9. The lowest BCUT2D eigenvalue weighted by atomic mass is 9.80. The Morgan fingerprint density at radius 1 is 0.951 bits per heavy atom. The van der Waals surface area contributed by atoms with Crippen molar-refractivity contribution in [1.82, 2.24) is 9.55 Å². The molecule has 0 aliphatic carbocycles. The van der Waals surface area contributed by atoms with E-state index in [4.69, 9.17) is 14.2 Å². The number of aromatic amines is 1. The standard InChI is InChI=1S/C30H27N5O6/c1-20(36)40-27-26(33-34-31)24(41-28(27)35-18-17-25(37)32-29(35)38)19-39-30(21-11-5-2-6-12-21,22-13-7-3-8-14-22)23-15-9-4-10-16-23/h2-18,24,26-28H,19H2,1H3,(H,32,37,38)/t24-,26-,27+,28-/m1/s1. The molecule has 0 spiro atoms. The molecule has 11 nitrogen and oxygen atoms in total. The number of esters is 1. The summed E-state index contributed by atoms with van der Waals surface area (Å²) in [5, 5.41) is 3.89. The summed E-state index contributed by atoms with van der Waals surface area (Å²) in [5.41, 5.74) is 9.49. The van der Waals surface area contributed by atoms with Gasteiger partial charge in [0.05, 0.1) is 12.7 Å². The average Bonchev–Trinajstić information content (AvgIpc) is 3.31. The maximum Gasteiger partial charge on any atom is 0.330 e. The van der Waals surface area contributed by atoms with Crippen molar-refractivity contribution in [2.45, 2.75) is 37.0 Å². The molecule has 5 rings (SSSR count). The van der Waals surface area contributed by atoms with Gasteiger partial charge in [-0.1, -0.05) is 96.1 Å². The molecule has 1 saturated heterocycles. The number of nitrogens with one attached hydrogen (secondary N) is 1. The van der Waals surface area contributed by atoms with Gasteiger partial charge in [0.15, 0.2) is 12.3 Å². The number of nitrogens with zero attached hydrogens (tertiary/aromatic N) is 4. The largest absolute Gasteiger partial charge is 0.457 e. The van der Waals surface area contributed by atoms with Gasteiger partial charge < -0.3 is 14.2 Å². The molecule has 4 aromatic rings. The molecule has 1 aliphatic rings. The molecule has 41 heavy (non-hydrogen) atoms. The third-order valence-corrected chi connectivity index (χ3v) is 6.93. The van der Waals surface area contributed by atoms with E-state index in [0.717, 1.165) is 27.3 Å². The van der Waals surface area contributed by atoms with Gasteiger partial charge in [-0.15, -0.1) is 0 Å². The van der Waals surface area contributed by atoms with Gasteiger partial charge in [-0.25, -0.2) is 4.79 Å². The molecule has 2 heterocycles. The normalized spacial score (nSPS) is 20.2. The fourth-order valence-electron chi connectivity index (χ4n) is 5.20. The molecule has 1 aromatic heterocycles. The fraction of sp³-hybridized carbons (Fsp3) is 0.233. The predicted octanol–water partition coefficient (Wildman–Crippen LogP) is 4.05. The Balaban J connectivity index is 1.60. The van der Waals surface area contributed by atoms with Crippen LogP contribution in [0.2, 0.25) is 0 Å². The summed E-state index contributed by atoms with van der Waals surface area (Å²) in [6.45, 7) is 1.09. The van der Waals surface area contributed by atoms with Crippen molar-refractivity contribution in [2.75, 3.05) is 6.61 Å². The second-order valence-electron chi connectivity index (χ2n) is 9.44. The van der Waals surface area contributed by atoms with Crippen molar-refractivity contribution in [1.29, 1.82) is 0 Å². The fourth-order valence-corrected chi connectivity index (χ4v) is 5.20. The molecule has 11 heteroatoms. The summed E-state index contributed by atoms with van der Waals surface area (Å²) >= 11 is 0. The Morgan fingerprint density at radius 2 is 1.49 bits per heavy atom. The van der Waals surface area contributed by atoms with Gasteiger partial charge in [0.1, 0.15) is 11.6 Å². The van der Waals surface area contributed by atoms with Crippen LogP contribution in [0.4, 0.5) is 0 Å². The first kappa shape index (κ1) is 27.6. The molecule has 3 aromatic carbocycles. The third-order valence-electron chi connectivity index (χ3n) is 6.93. The zero-order valence-electron chi connectivity index (χ0n) is 22.1. The number of hydrogen-bond acceptors (Lipinski definition) is 7. The third kappa shape index (κ3) is 5.55.